The summed E-state index contributed by atoms with van der Waals surface area (Å²) in [5, 5.41) is 2.30. The third-order valence-corrected chi connectivity index (χ3v) is 7.21. The van der Waals surface area contributed by atoms with Gasteiger partial charge < -0.3 is 0 Å². The molecule has 0 N–H and O–H groups in total. The molecule has 2 aromatic rings. The van der Waals surface area contributed by atoms with E-state index < -0.39 is 0 Å². The van der Waals surface area contributed by atoms with Crippen molar-refractivity contribution >= 4 is 22.7 Å². The summed E-state index contributed by atoms with van der Waals surface area (Å²) in [6.45, 7) is 6.87. The van der Waals surface area contributed by atoms with Gasteiger partial charge in [-0.2, -0.15) is 0 Å². The van der Waals surface area contributed by atoms with Crippen LogP contribution in [-0.2, 0) is 12.8 Å². The van der Waals surface area contributed by atoms with Gasteiger partial charge in [0.1, 0.15) is 0 Å². The van der Waals surface area contributed by atoms with Crippen molar-refractivity contribution in [3.8, 4) is 0 Å². The molecule has 0 atom stereocenters. The highest BCUT2D eigenvalue weighted by Gasteiger charge is 2.18. The van der Waals surface area contributed by atoms with Crippen LogP contribution in [0, 0.1) is 12.8 Å². The molecule has 0 radical (unpaired) electrons. The van der Waals surface area contributed by atoms with Crippen molar-refractivity contribution in [2.24, 2.45) is 5.92 Å². The SMILES string of the molecule is Cc1cc(Cc2ccsc2CC2CCCC2)sc1C(C)C. The molecule has 1 aliphatic rings. The molecule has 0 aromatic carbocycles. The standard InChI is InChI=1S/C19H26S2/c1-13(2)19-14(3)10-17(21-19)12-16-8-9-20-18(16)11-15-6-4-5-7-15/h8-10,13,15H,4-7,11-12H2,1-3H3. The Balaban J connectivity index is 1.73. The predicted molar refractivity (Wildman–Crippen MR) is 95.9 cm³/mol. The molecule has 0 unspecified atom stereocenters. The Morgan fingerprint density at radius 2 is 2.00 bits per heavy atom. The molecule has 0 amide bonds. The van der Waals surface area contributed by atoms with Gasteiger partial charge in [0, 0.05) is 21.1 Å². The van der Waals surface area contributed by atoms with Gasteiger partial charge in [0.2, 0.25) is 0 Å². The van der Waals surface area contributed by atoms with Crippen LogP contribution in [-0.4, -0.2) is 0 Å². The molecule has 0 saturated heterocycles. The molecule has 0 nitrogen and oxygen atoms in total. The summed E-state index contributed by atoms with van der Waals surface area (Å²) < 4.78 is 0. The summed E-state index contributed by atoms with van der Waals surface area (Å²) in [5.74, 6) is 1.61. The first-order chi connectivity index (χ1) is 10.1. The summed E-state index contributed by atoms with van der Waals surface area (Å²) in [4.78, 5) is 4.76. The molecule has 2 heteroatoms. The molecule has 0 aliphatic heterocycles. The van der Waals surface area contributed by atoms with Crippen molar-refractivity contribution in [3.63, 3.8) is 0 Å². The zero-order chi connectivity index (χ0) is 14.8. The van der Waals surface area contributed by atoms with Crippen molar-refractivity contribution in [3.05, 3.63) is 43.3 Å². The van der Waals surface area contributed by atoms with Crippen LogP contribution in [0.3, 0.4) is 0 Å². The fraction of sp³-hybridized carbons (Fsp3) is 0.579. The number of hydrogen-bond acceptors (Lipinski definition) is 2. The number of aryl methyl sites for hydroxylation is 1. The lowest BCUT2D eigenvalue weighted by atomic mass is 10.00. The average molecular weight is 319 g/mol. The summed E-state index contributed by atoms with van der Waals surface area (Å²) in [6.07, 6.45) is 8.28. The summed E-state index contributed by atoms with van der Waals surface area (Å²) in [6, 6.07) is 4.77. The van der Waals surface area contributed by atoms with Gasteiger partial charge in [0.05, 0.1) is 0 Å². The van der Waals surface area contributed by atoms with E-state index >= 15 is 0 Å². The molecule has 2 aromatic heterocycles. The molecule has 0 spiro atoms. The number of rotatable bonds is 5. The zero-order valence-corrected chi connectivity index (χ0v) is 15.1. The van der Waals surface area contributed by atoms with Crippen molar-refractivity contribution < 1.29 is 0 Å². The Kier molecular flexibility index (Phi) is 4.85. The van der Waals surface area contributed by atoms with Crippen LogP contribution in [0.25, 0.3) is 0 Å². The fourth-order valence-electron chi connectivity index (χ4n) is 3.59. The minimum atomic E-state index is 0.657. The fourth-order valence-corrected chi connectivity index (χ4v) is 5.81. The Hall–Kier alpha value is -0.600. The Morgan fingerprint density at radius 1 is 1.24 bits per heavy atom. The summed E-state index contributed by atoms with van der Waals surface area (Å²) >= 11 is 4.00. The molecular formula is C19H26S2. The average Bonchev–Trinajstić information content (AvgIpc) is 3.14. The second-order valence-corrected chi connectivity index (χ2v) is 8.98. The molecule has 1 fully saturated rings. The van der Waals surface area contributed by atoms with Crippen molar-refractivity contribution in [2.45, 2.75) is 65.2 Å². The van der Waals surface area contributed by atoms with E-state index in [0.29, 0.717) is 5.92 Å². The van der Waals surface area contributed by atoms with E-state index in [9.17, 15) is 0 Å². The molecular weight excluding hydrogens is 292 g/mol. The topological polar surface area (TPSA) is 0 Å². The van der Waals surface area contributed by atoms with Gasteiger partial charge in [0.15, 0.2) is 0 Å². The van der Waals surface area contributed by atoms with E-state index in [4.69, 9.17) is 0 Å². The van der Waals surface area contributed by atoms with E-state index in [1.54, 1.807) is 20.2 Å². The maximum Gasteiger partial charge on any atom is 0.0103 e. The molecule has 21 heavy (non-hydrogen) atoms. The lowest BCUT2D eigenvalue weighted by Crippen LogP contribution is -1.99. The van der Waals surface area contributed by atoms with Crippen LogP contribution in [0.2, 0.25) is 0 Å². The lowest BCUT2D eigenvalue weighted by molar-refractivity contribution is 0.549. The van der Waals surface area contributed by atoms with E-state index in [2.05, 4.69) is 38.3 Å². The third kappa shape index (κ3) is 3.60. The normalized spacial score (nSPS) is 16.2. The molecule has 3 rings (SSSR count). The first-order valence-electron chi connectivity index (χ1n) is 8.28. The van der Waals surface area contributed by atoms with Crippen molar-refractivity contribution in [2.75, 3.05) is 0 Å². The zero-order valence-electron chi connectivity index (χ0n) is 13.4. The van der Waals surface area contributed by atoms with Gasteiger partial charge >= 0.3 is 0 Å². The van der Waals surface area contributed by atoms with Crippen LogP contribution in [0.1, 0.15) is 71.2 Å². The molecule has 0 bridgehead atoms. The van der Waals surface area contributed by atoms with Crippen LogP contribution in [0.15, 0.2) is 17.5 Å². The van der Waals surface area contributed by atoms with Crippen LogP contribution >= 0.6 is 22.7 Å². The highest BCUT2D eigenvalue weighted by atomic mass is 32.1. The van der Waals surface area contributed by atoms with Gasteiger partial charge in [-0.25, -0.2) is 0 Å². The molecule has 114 valence electrons. The Bertz CT molecular complexity index is 582. The highest BCUT2D eigenvalue weighted by molar-refractivity contribution is 7.12. The highest BCUT2D eigenvalue weighted by Crippen LogP contribution is 2.34. The summed E-state index contributed by atoms with van der Waals surface area (Å²) in [5.41, 5.74) is 3.07. The number of thiophene rings is 2. The largest absolute Gasteiger partial charge is 0.149 e. The first kappa shape index (κ1) is 15.3. The molecule has 1 saturated carbocycles. The van der Waals surface area contributed by atoms with E-state index in [1.165, 1.54) is 37.7 Å². The van der Waals surface area contributed by atoms with Crippen LogP contribution in [0.5, 0.6) is 0 Å². The van der Waals surface area contributed by atoms with Crippen LogP contribution in [0.4, 0.5) is 0 Å². The summed E-state index contributed by atoms with van der Waals surface area (Å²) in [7, 11) is 0. The van der Waals surface area contributed by atoms with Gasteiger partial charge in [-0.15, -0.1) is 22.7 Å². The quantitative estimate of drug-likeness (QED) is 0.585. The van der Waals surface area contributed by atoms with Gasteiger partial charge in [-0.05, 0) is 53.8 Å². The predicted octanol–water partition coefficient (Wildman–Crippen LogP) is 6.56. The van der Waals surface area contributed by atoms with Gasteiger partial charge in [-0.3, -0.25) is 0 Å². The van der Waals surface area contributed by atoms with Crippen molar-refractivity contribution in [1.29, 1.82) is 0 Å². The van der Waals surface area contributed by atoms with Gasteiger partial charge in [0.25, 0.3) is 0 Å². The van der Waals surface area contributed by atoms with Gasteiger partial charge in [-0.1, -0.05) is 39.5 Å². The second kappa shape index (κ2) is 6.66. The van der Waals surface area contributed by atoms with Crippen LogP contribution < -0.4 is 0 Å². The third-order valence-electron chi connectivity index (χ3n) is 4.68. The van der Waals surface area contributed by atoms with E-state index in [-0.39, 0.29) is 0 Å². The van der Waals surface area contributed by atoms with E-state index in [1.807, 2.05) is 22.7 Å². The second-order valence-electron chi connectivity index (χ2n) is 6.82. The maximum atomic E-state index is 2.41. The number of hydrogen-bond donors (Lipinski definition) is 0. The smallest absolute Gasteiger partial charge is 0.0103 e. The Labute approximate surface area is 137 Å². The van der Waals surface area contributed by atoms with E-state index in [0.717, 1.165) is 12.3 Å². The minimum absolute atomic E-state index is 0.657. The lowest BCUT2D eigenvalue weighted by Gasteiger charge is -2.09. The Morgan fingerprint density at radius 3 is 2.67 bits per heavy atom. The minimum Gasteiger partial charge on any atom is -0.149 e. The molecule has 2 heterocycles. The maximum absolute atomic E-state index is 2.41. The monoisotopic (exact) mass is 318 g/mol. The molecule has 1 aliphatic carbocycles. The van der Waals surface area contributed by atoms with Crippen molar-refractivity contribution in [1.82, 2.24) is 0 Å². The first-order valence-corrected chi connectivity index (χ1v) is 9.97.